The molecule has 0 saturated carbocycles. The molecule has 1 unspecified atom stereocenters. The van der Waals surface area contributed by atoms with Crippen LogP contribution in [-0.2, 0) is 10.1 Å². The summed E-state index contributed by atoms with van der Waals surface area (Å²) in [4.78, 5) is 18.9. The minimum absolute atomic E-state index is 0.00975. The third-order valence-electron chi connectivity index (χ3n) is 6.35. The van der Waals surface area contributed by atoms with E-state index in [1.54, 1.807) is 30.2 Å². The summed E-state index contributed by atoms with van der Waals surface area (Å²) >= 11 is 1.88. The zero-order valence-corrected chi connectivity index (χ0v) is 23.5. The van der Waals surface area contributed by atoms with Crippen LogP contribution < -0.4 is 10.6 Å². The molecule has 0 aliphatic rings. The number of aromatic hydroxyl groups is 1. The Labute approximate surface area is 230 Å². The van der Waals surface area contributed by atoms with Gasteiger partial charge in [-0.3, -0.25) is 4.57 Å². The molecule has 1 atom stereocenters. The van der Waals surface area contributed by atoms with Crippen LogP contribution in [0.5, 0.6) is 5.75 Å². The first kappa shape index (κ1) is 26.9. The highest BCUT2D eigenvalue weighted by Gasteiger charge is 2.17. The van der Waals surface area contributed by atoms with Crippen LogP contribution in [-0.4, -0.2) is 50.1 Å². The van der Waals surface area contributed by atoms with Crippen molar-refractivity contribution in [3.8, 4) is 33.7 Å². The number of aryl methyl sites for hydroxylation is 3. The van der Waals surface area contributed by atoms with Crippen molar-refractivity contribution in [2.45, 2.75) is 26.9 Å². The van der Waals surface area contributed by atoms with Crippen molar-refractivity contribution in [2.24, 2.45) is 7.05 Å². The molecule has 0 fully saturated rings. The predicted molar refractivity (Wildman–Crippen MR) is 155 cm³/mol. The van der Waals surface area contributed by atoms with Crippen molar-refractivity contribution < 1.29 is 13.3 Å². The maximum absolute atomic E-state index is 12.4. The molecule has 2 N–H and O–H groups in total. The first-order chi connectivity index (χ1) is 17.7. The van der Waals surface area contributed by atoms with Gasteiger partial charge >= 0.3 is 5.69 Å². The number of phenols is 1. The van der Waals surface area contributed by atoms with Crippen molar-refractivity contribution in [3.63, 3.8) is 0 Å². The van der Waals surface area contributed by atoms with E-state index in [4.69, 9.17) is 3.07 Å². The van der Waals surface area contributed by atoms with Crippen LogP contribution in [0.2, 0.25) is 0 Å². The van der Waals surface area contributed by atoms with Crippen LogP contribution in [0.1, 0.15) is 18.1 Å². The Hall–Kier alpha value is -3.15. The Morgan fingerprint density at radius 2 is 1.78 bits per heavy atom. The number of anilines is 1. The fourth-order valence-electron chi connectivity index (χ4n) is 4.48. The van der Waals surface area contributed by atoms with Gasteiger partial charge < -0.3 is 22.7 Å². The minimum Gasteiger partial charge on any atom is -0.507 e. The van der Waals surface area contributed by atoms with Gasteiger partial charge in [-0.2, -0.15) is 0 Å². The third kappa shape index (κ3) is 5.73. The molecule has 0 aliphatic carbocycles. The Balaban J connectivity index is 1.75. The molecule has 37 heavy (non-hydrogen) atoms. The summed E-state index contributed by atoms with van der Waals surface area (Å²) in [6.45, 7) is 6.89. The number of hydrogen-bond donors (Lipinski definition) is 2. The number of hydrogen-bond acceptors (Lipinski definition) is 6. The first-order valence-electron chi connectivity index (χ1n) is 12.0. The number of benzene rings is 2. The number of aliphatic hydroxyl groups excluding tert-OH is 1. The van der Waals surface area contributed by atoms with Crippen LogP contribution in [0.15, 0.2) is 65.8 Å². The molecule has 2 heterocycles. The average molecular weight is 614 g/mol. The Morgan fingerprint density at radius 3 is 2.38 bits per heavy atom. The van der Waals surface area contributed by atoms with E-state index in [2.05, 4.69) is 4.98 Å². The molecular weight excluding hydrogens is 583 g/mol. The van der Waals surface area contributed by atoms with Crippen molar-refractivity contribution in [2.75, 3.05) is 24.6 Å². The Morgan fingerprint density at radius 1 is 1.08 bits per heavy atom. The lowest BCUT2D eigenvalue weighted by Crippen LogP contribution is -2.34. The van der Waals surface area contributed by atoms with Crippen LogP contribution >= 0.6 is 23.0 Å². The minimum atomic E-state index is -0.111. The highest BCUT2D eigenvalue weighted by atomic mass is 127. The van der Waals surface area contributed by atoms with Crippen LogP contribution in [0.4, 0.5) is 5.82 Å². The van der Waals surface area contributed by atoms with Gasteiger partial charge in [0.15, 0.2) is 0 Å². The fraction of sp³-hybridized carbons (Fsp3) is 0.286. The van der Waals surface area contributed by atoms with Gasteiger partial charge in [0.25, 0.3) is 0 Å². The Kier molecular flexibility index (Phi) is 8.35. The predicted octanol–water partition coefficient (Wildman–Crippen LogP) is 4.78. The molecule has 0 aliphatic heterocycles. The van der Waals surface area contributed by atoms with E-state index in [1.165, 1.54) is 4.57 Å². The van der Waals surface area contributed by atoms with Gasteiger partial charge in [0.2, 0.25) is 0 Å². The lowest BCUT2D eigenvalue weighted by atomic mass is 9.94. The smallest absolute Gasteiger partial charge is 0.332 e. The van der Waals surface area contributed by atoms with E-state index in [-0.39, 0.29) is 24.2 Å². The van der Waals surface area contributed by atoms with Gasteiger partial charge in [-0.1, -0.05) is 6.07 Å². The summed E-state index contributed by atoms with van der Waals surface area (Å²) in [5, 5.41) is 21.0. The molecule has 9 heteroatoms. The summed E-state index contributed by atoms with van der Waals surface area (Å²) in [5.74, 6) is 0.868. The SMILES string of the molecule is Cc1cc(-c2ccnc(N(CCO)CC(C)OI)c2)c(O)c(-c2ccc(-n3ccn(C)c3=O)c(C)c2)c1. The van der Waals surface area contributed by atoms with E-state index < -0.39 is 0 Å². The molecule has 2 aromatic carbocycles. The standard InChI is InChI=1S/C28H31IN4O4/c1-18-13-23(21-5-6-25(19(2)15-21)33-10-9-31(4)28(33)36)27(35)24(14-18)22-7-8-30-26(16-22)32(11-12-34)17-20(3)37-29/h5-10,13-16,20,34-35H,11-12,17H2,1-4H3. The topological polar surface area (TPSA) is 92.8 Å². The van der Waals surface area contributed by atoms with Crippen LogP contribution in [0.25, 0.3) is 27.9 Å². The highest BCUT2D eigenvalue weighted by Crippen LogP contribution is 2.40. The van der Waals surface area contributed by atoms with Gasteiger partial charge in [0.05, 0.1) is 18.4 Å². The van der Waals surface area contributed by atoms with Gasteiger partial charge in [-0.25, -0.2) is 9.78 Å². The second-order valence-electron chi connectivity index (χ2n) is 9.24. The van der Waals surface area contributed by atoms with Crippen molar-refractivity contribution in [1.29, 1.82) is 0 Å². The zero-order chi connectivity index (χ0) is 26.7. The maximum atomic E-state index is 12.4. The molecule has 0 amide bonds. The molecule has 194 valence electrons. The maximum Gasteiger partial charge on any atom is 0.332 e. The number of halogens is 1. The second-order valence-corrected chi connectivity index (χ2v) is 9.75. The highest BCUT2D eigenvalue weighted by molar-refractivity contribution is 14.1. The number of aliphatic hydroxyl groups is 1. The number of aromatic nitrogens is 3. The van der Waals surface area contributed by atoms with Crippen molar-refractivity contribution in [3.05, 3.63) is 82.7 Å². The fourth-order valence-corrected chi connectivity index (χ4v) is 4.64. The molecular formula is C28H31IN4O4. The normalized spacial score (nSPS) is 12.1. The van der Waals surface area contributed by atoms with Crippen molar-refractivity contribution >= 4 is 28.8 Å². The largest absolute Gasteiger partial charge is 0.507 e. The second kappa shape index (κ2) is 11.5. The van der Waals surface area contributed by atoms with Crippen LogP contribution in [0.3, 0.4) is 0 Å². The van der Waals surface area contributed by atoms with Gasteiger partial charge in [-0.15, -0.1) is 0 Å². The molecule has 4 aromatic rings. The van der Waals surface area contributed by atoms with E-state index in [1.807, 2.05) is 91.1 Å². The number of phenolic OH excluding ortho intramolecular Hbond substituents is 1. The molecule has 0 radical (unpaired) electrons. The van der Waals surface area contributed by atoms with Crippen molar-refractivity contribution in [1.82, 2.24) is 14.1 Å². The van der Waals surface area contributed by atoms with Gasteiger partial charge in [0.1, 0.15) is 34.6 Å². The number of pyridine rings is 1. The molecule has 2 aromatic heterocycles. The summed E-state index contributed by atoms with van der Waals surface area (Å²) in [5.41, 5.74) is 5.70. The third-order valence-corrected chi connectivity index (χ3v) is 7.22. The molecule has 8 nitrogen and oxygen atoms in total. The summed E-state index contributed by atoms with van der Waals surface area (Å²) in [6, 6.07) is 13.5. The lowest BCUT2D eigenvalue weighted by molar-refractivity contribution is 0.281. The van der Waals surface area contributed by atoms with Gasteiger partial charge in [-0.05, 0) is 79.4 Å². The summed E-state index contributed by atoms with van der Waals surface area (Å²) in [6.07, 6.45) is 5.15. The van der Waals surface area contributed by atoms with Crippen LogP contribution in [0, 0.1) is 13.8 Å². The zero-order valence-electron chi connectivity index (χ0n) is 21.3. The molecule has 0 saturated heterocycles. The monoisotopic (exact) mass is 614 g/mol. The number of rotatable bonds is 9. The van der Waals surface area contributed by atoms with E-state index >= 15 is 0 Å². The number of imidazole rings is 1. The number of nitrogens with zero attached hydrogens (tertiary/aromatic N) is 4. The van der Waals surface area contributed by atoms with Gasteiger partial charge in [0, 0.05) is 49.9 Å². The molecule has 0 bridgehead atoms. The average Bonchev–Trinajstić information content (AvgIpc) is 3.22. The lowest BCUT2D eigenvalue weighted by Gasteiger charge is -2.25. The van der Waals surface area contributed by atoms with E-state index in [0.29, 0.717) is 30.0 Å². The molecule has 4 rings (SSSR count). The quantitative estimate of drug-likeness (QED) is 0.264. The summed E-state index contributed by atoms with van der Waals surface area (Å²) < 4.78 is 8.52. The Bertz CT molecular complexity index is 1460. The first-order valence-corrected chi connectivity index (χ1v) is 12.9. The summed E-state index contributed by atoms with van der Waals surface area (Å²) in [7, 11) is 1.72. The van der Waals surface area contributed by atoms with E-state index in [0.717, 1.165) is 27.9 Å². The molecule has 0 spiro atoms. The van der Waals surface area contributed by atoms with E-state index in [9.17, 15) is 15.0 Å².